The Hall–Kier alpha value is -3.09. The van der Waals surface area contributed by atoms with Crippen molar-refractivity contribution < 1.29 is 4.52 Å². The summed E-state index contributed by atoms with van der Waals surface area (Å²) in [5.41, 5.74) is 4.65. The summed E-state index contributed by atoms with van der Waals surface area (Å²) >= 11 is 0. The number of H-pyrrole nitrogens is 1. The number of aromatic nitrogens is 5. The molecule has 122 valence electrons. The molecule has 0 aliphatic carbocycles. The van der Waals surface area contributed by atoms with Crippen LogP contribution in [0.2, 0.25) is 0 Å². The van der Waals surface area contributed by atoms with Gasteiger partial charge in [-0.3, -0.25) is 4.68 Å². The van der Waals surface area contributed by atoms with Gasteiger partial charge >= 0.3 is 0 Å². The molecule has 0 saturated heterocycles. The molecule has 0 spiro atoms. The molecule has 0 saturated carbocycles. The monoisotopic (exact) mass is 322 g/mol. The van der Waals surface area contributed by atoms with Crippen molar-refractivity contribution in [2.24, 2.45) is 7.05 Å². The number of fused-ring (bicyclic) bond motifs is 1. The van der Waals surface area contributed by atoms with Crippen molar-refractivity contribution >= 4 is 22.5 Å². The molecular formula is C17H18N6O. The number of nitrogens with one attached hydrogen (secondary N) is 2. The normalized spacial score (nSPS) is 11.3. The second kappa shape index (κ2) is 5.23. The van der Waals surface area contributed by atoms with Crippen molar-refractivity contribution in [2.45, 2.75) is 20.8 Å². The molecular weight excluding hydrogens is 304 g/mol. The number of hydrogen-bond donors (Lipinski definition) is 2. The van der Waals surface area contributed by atoms with Crippen LogP contribution < -0.4 is 5.32 Å². The lowest BCUT2D eigenvalue weighted by Gasteiger charge is -2.07. The Morgan fingerprint density at radius 3 is 2.71 bits per heavy atom. The maximum atomic E-state index is 5.29. The van der Waals surface area contributed by atoms with Gasteiger partial charge in [0.2, 0.25) is 0 Å². The highest BCUT2D eigenvalue weighted by molar-refractivity contribution is 5.94. The molecule has 0 radical (unpaired) electrons. The fourth-order valence-corrected chi connectivity index (χ4v) is 2.94. The standard InChI is InChI=1S/C17H18N6O/c1-9-7-12-13(18-9)8-14(16-10(2)22-24-11(16)3)19-17(12)20-15-5-6-23(4)21-15/h5-8,18H,1-4H3,(H,19,20,21). The first kappa shape index (κ1) is 14.5. The summed E-state index contributed by atoms with van der Waals surface area (Å²) < 4.78 is 7.04. The predicted octanol–water partition coefficient (Wildman–Crippen LogP) is 3.62. The van der Waals surface area contributed by atoms with Gasteiger partial charge < -0.3 is 14.8 Å². The maximum Gasteiger partial charge on any atom is 0.153 e. The van der Waals surface area contributed by atoms with Crippen LogP contribution in [0.3, 0.4) is 0 Å². The highest BCUT2D eigenvalue weighted by atomic mass is 16.5. The zero-order chi connectivity index (χ0) is 16.8. The molecule has 2 N–H and O–H groups in total. The third-order valence-electron chi connectivity index (χ3n) is 4.00. The number of pyridine rings is 1. The van der Waals surface area contributed by atoms with E-state index >= 15 is 0 Å². The summed E-state index contributed by atoms with van der Waals surface area (Å²) in [6.45, 7) is 5.84. The van der Waals surface area contributed by atoms with Crippen LogP contribution in [0.1, 0.15) is 17.1 Å². The minimum Gasteiger partial charge on any atom is -0.361 e. The van der Waals surface area contributed by atoms with Crippen molar-refractivity contribution in [3.8, 4) is 11.3 Å². The Morgan fingerprint density at radius 1 is 1.21 bits per heavy atom. The summed E-state index contributed by atoms with van der Waals surface area (Å²) in [4.78, 5) is 8.18. The first-order chi connectivity index (χ1) is 11.5. The number of rotatable bonds is 3. The van der Waals surface area contributed by atoms with E-state index in [1.807, 2.05) is 46.1 Å². The van der Waals surface area contributed by atoms with Gasteiger partial charge in [-0.25, -0.2) is 4.98 Å². The molecule has 7 nitrogen and oxygen atoms in total. The Bertz CT molecular complexity index is 1020. The molecule has 0 bridgehead atoms. The summed E-state index contributed by atoms with van der Waals surface area (Å²) in [5, 5.41) is 12.7. The molecule has 0 fully saturated rings. The van der Waals surface area contributed by atoms with Gasteiger partial charge in [-0.1, -0.05) is 5.16 Å². The molecule has 0 aliphatic heterocycles. The topological polar surface area (TPSA) is 84.6 Å². The molecule has 4 rings (SSSR count). The van der Waals surface area contributed by atoms with E-state index in [9.17, 15) is 0 Å². The highest BCUT2D eigenvalue weighted by Crippen LogP contribution is 2.32. The van der Waals surface area contributed by atoms with Crippen molar-refractivity contribution in [1.29, 1.82) is 0 Å². The van der Waals surface area contributed by atoms with Crippen molar-refractivity contribution in [3.05, 3.63) is 41.5 Å². The summed E-state index contributed by atoms with van der Waals surface area (Å²) in [6.07, 6.45) is 1.89. The van der Waals surface area contributed by atoms with Gasteiger partial charge in [0.25, 0.3) is 0 Å². The van der Waals surface area contributed by atoms with E-state index < -0.39 is 0 Å². The third kappa shape index (κ3) is 2.34. The van der Waals surface area contributed by atoms with E-state index in [0.29, 0.717) is 0 Å². The molecule has 4 heterocycles. The molecule has 4 aromatic rings. The molecule has 0 atom stereocenters. The Morgan fingerprint density at radius 2 is 2.04 bits per heavy atom. The van der Waals surface area contributed by atoms with E-state index in [1.165, 1.54) is 0 Å². The Balaban J connectivity index is 1.90. The van der Waals surface area contributed by atoms with Gasteiger partial charge in [0, 0.05) is 30.4 Å². The average Bonchev–Trinajstić information content (AvgIpc) is 3.18. The average molecular weight is 322 g/mol. The van der Waals surface area contributed by atoms with Gasteiger partial charge in [0.1, 0.15) is 11.6 Å². The molecule has 0 unspecified atom stereocenters. The SMILES string of the molecule is Cc1cc2c(Nc3ccn(C)n3)nc(-c3c(C)noc3C)cc2[nH]1. The molecule has 7 heteroatoms. The van der Waals surface area contributed by atoms with Crippen LogP contribution in [-0.4, -0.2) is 24.9 Å². The van der Waals surface area contributed by atoms with Crippen molar-refractivity contribution in [3.63, 3.8) is 0 Å². The van der Waals surface area contributed by atoms with Crippen molar-refractivity contribution in [1.82, 2.24) is 24.9 Å². The van der Waals surface area contributed by atoms with Crippen LogP contribution in [0.25, 0.3) is 22.2 Å². The minimum absolute atomic E-state index is 0.751. The van der Waals surface area contributed by atoms with E-state index in [2.05, 4.69) is 26.6 Å². The first-order valence-corrected chi connectivity index (χ1v) is 7.71. The molecule has 0 aromatic carbocycles. The first-order valence-electron chi connectivity index (χ1n) is 7.71. The van der Waals surface area contributed by atoms with Crippen LogP contribution in [0, 0.1) is 20.8 Å². The third-order valence-corrected chi connectivity index (χ3v) is 4.00. The van der Waals surface area contributed by atoms with E-state index in [0.717, 1.165) is 50.9 Å². The zero-order valence-corrected chi connectivity index (χ0v) is 14.0. The van der Waals surface area contributed by atoms with Gasteiger partial charge in [0.15, 0.2) is 5.82 Å². The highest BCUT2D eigenvalue weighted by Gasteiger charge is 2.17. The second-order valence-electron chi connectivity index (χ2n) is 5.97. The van der Waals surface area contributed by atoms with Crippen LogP contribution in [0.4, 0.5) is 11.6 Å². The zero-order valence-electron chi connectivity index (χ0n) is 14.0. The lowest BCUT2D eigenvalue weighted by atomic mass is 10.1. The van der Waals surface area contributed by atoms with Gasteiger partial charge in [-0.15, -0.1) is 0 Å². The fraction of sp³-hybridized carbons (Fsp3) is 0.235. The van der Waals surface area contributed by atoms with Crippen LogP contribution in [0.15, 0.2) is 28.9 Å². The lowest BCUT2D eigenvalue weighted by Crippen LogP contribution is -1.98. The van der Waals surface area contributed by atoms with E-state index in [1.54, 1.807) is 4.68 Å². The molecule has 0 aliphatic rings. The number of hydrogen-bond acceptors (Lipinski definition) is 5. The van der Waals surface area contributed by atoms with Crippen LogP contribution >= 0.6 is 0 Å². The Kier molecular flexibility index (Phi) is 3.16. The number of aryl methyl sites for hydroxylation is 4. The van der Waals surface area contributed by atoms with Crippen LogP contribution in [-0.2, 0) is 7.05 Å². The number of aromatic amines is 1. The molecule has 4 aromatic heterocycles. The van der Waals surface area contributed by atoms with Crippen LogP contribution in [0.5, 0.6) is 0 Å². The van der Waals surface area contributed by atoms with E-state index in [-0.39, 0.29) is 0 Å². The minimum atomic E-state index is 0.751. The summed E-state index contributed by atoms with van der Waals surface area (Å²) in [7, 11) is 1.88. The number of nitrogens with zero attached hydrogens (tertiary/aromatic N) is 4. The smallest absolute Gasteiger partial charge is 0.153 e. The largest absolute Gasteiger partial charge is 0.361 e. The summed E-state index contributed by atoms with van der Waals surface area (Å²) in [6, 6.07) is 6.01. The quantitative estimate of drug-likeness (QED) is 0.602. The van der Waals surface area contributed by atoms with Crippen molar-refractivity contribution in [2.75, 3.05) is 5.32 Å². The summed E-state index contributed by atoms with van der Waals surface area (Å²) in [5.74, 6) is 2.26. The van der Waals surface area contributed by atoms with E-state index in [4.69, 9.17) is 9.51 Å². The fourth-order valence-electron chi connectivity index (χ4n) is 2.94. The number of anilines is 2. The van der Waals surface area contributed by atoms with Gasteiger partial charge in [-0.2, -0.15) is 5.10 Å². The van der Waals surface area contributed by atoms with Gasteiger partial charge in [-0.05, 0) is 32.9 Å². The molecule has 0 amide bonds. The lowest BCUT2D eigenvalue weighted by molar-refractivity contribution is 0.393. The molecule has 24 heavy (non-hydrogen) atoms. The predicted molar refractivity (Wildman–Crippen MR) is 92.3 cm³/mol. The second-order valence-corrected chi connectivity index (χ2v) is 5.97. The maximum absolute atomic E-state index is 5.29. The Labute approximate surface area is 138 Å². The van der Waals surface area contributed by atoms with Gasteiger partial charge in [0.05, 0.1) is 22.5 Å².